The molecule has 2 aromatic heterocycles. The molecule has 0 amide bonds. The lowest BCUT2D eigenvalue weighted by molar-refractivity contribution is 0.570. The Balaban J connectivity index is 1.93. The molecular weight excluding hydrogens is 422 g/mol. The Morgan fingerprint density at radius 3 is 2.30 bits per heavy atom. The van der Waals surface area contributed by atoms with Crippen LogP contribution in [0.3, 0.4) is 0 Å². The summed E-state index contributed by atoms with van der Waals surface area (Å²) >= 11 is 2.43. The predicted octanol–water partition coefficient (Wildman–Crippen LogP) is 3.92. The SMILES string of the molecule is Cc1ccc(C)c(S(=O)(=O)NCC(c2cccs2)S(=O)(=O)c2cccs2)c1. The van der Waals surface area contributed by atoms with Crippen LogP contribution in [0.1, 0.15) is 21.3 Å². The zero-order valence-corrected chi connectivity index (χ0v) is 18.0. The molecule has 3 aromatic rings. The van der Waals surface area contributed by atoms with Crippen LogP contribution in [0.25, 0.3) is 0 Å². The molecule has 0 aliphatic heterocycles. The summed E-state index contributed by atoms with van der Waals surface area (Å²) in [5.74, 6) is 0. The van der Waals surface area contributed by atoms with Gasteiger partial charge in [-0.25, -0.2) is 21.6 Å². The monoisotopic (exact) mass is 441 g/mol. The minimum absolute atomic E-state index is 0.168. The highest BCUT2D eigenvalue weighted by Gasteiger charge is 2.32. The summed E-state index contributed by atoms with van der Waals surface area (Å²) in [6, 6.07) is 11.9. The Hall–Kier alpha value is -1.52. The lowest BCUT2D eigenvalue weighted by Gasteiger charge is -2.17. The second-order valence-corrected chi connectivity index (χ2v) is 12.1. The lowest BCUT2D eigenvalue weighted by Crippen LogP contribution is -2.32. The molecular formula is C18H19NO4S4. The number of nitrogens with one attached hydrogen (secondary N) is 1. The molecule has 0 aliphatic carbocycles. The van der Waals surface area contributed by atoms with E-state index in [4.69, 9.17) is 0 Å². The normalized spacial score (nSPS) is 13.6. The van der Waals surface area contributed by atoms with Crippen LogP contribution in [-0.2, 0) is 19.9 Å². The number of sulfone groups is 1. The van der Waals surface area contributed by atoms with Crippen molar-refractivity contribution < 1.29 is 16.8 Å². The van der Waals surface area contributed by atoms with E-state index in [2.05, 4.69) is 4.72 Å². The zero-order valence-electron chi connectivity index (χ0n) is 14.7. The molecule has 0 fully saturated rings. The van der Waals surface area contributed by atoms with Gasteiger partial charge in [0.25, 0.3) is 0 Å². The highest BCUT2D eigenvalue weighted by molar-refractivity contribution is 7.94. The maximum atomic E-state index is 13.0. The number of sulfonamides is 1. The van der Waals surface area contributed by atoms with Crippen LogP contribution in [-0.4, -0.2) is 23.4 Å². The molecule has 5 nitrogen and oxygen atoms in total. The number of hydrogen-bond donors (Lipinski definition) is 1. The van der Waals surface area contributed by atoms with Crippen molar-refractivity contribution in [2.75, 3.05) is 6.54 Å². The fourth-order valence-electron chi connectivity index (χ4n) is 2.66. The minimum atomic E-state index is -3.84. The summed E-state index contributed by atoms with van der Waals surface area (Å²) < 4.78 is 54.4. The summed E-state index contributed by atoms with van der Waals surface area (Å²) in [5.41, 5.74) is 1.43. The average molecular weight is 442 g/mol. The molecule has 0 bridgehead atoms. The molecule has 0 saturated heterocycles. The molecule has 2 heterocycles. The van der Waals surface area contributed by atoms with Crippen LogP contribution in [0.4, 0.5) is 0 Å². The summed E-state index contributed by atoms with van der Waals surface area (Å²) in [7, 11) is -7.54. The zero-order chi connectivity index (χ0) is 19.7. The Morgan fingerprint density at radius 1 is 0.963 bits per heavy atom. The molecule has 0 radical (unpaired) electrons. The van der Waals surface area contributed by atoms with Gasteiger partial charge in [-0.15, -0.1) is 22.7 Å². The van der Waals surface area contributed by atoms with Crippen LogP contribution in [0, 0.1) is 13.8 Å². The first-order chi connectivity index (χ1) is 12.7. The molecule has 0 saturated carbocycles. The number of hydrogen-bond acceptors (Lipinski definition) is 6. The van der Waals surface area contributed by atoms with Crippen molar-refractivity contribution in [2.24, 2.45) is 0 Å². The van der Waals surface area contributed by atoms with Gasteiger partial charge in [-0.3, -0.25) is 0 Å². The smallest absolute Gasteiger partial charge is 0.222 e. The number of aryl methyl sites for hydroxylation is 2. The van der Waals surface area contributed by atoms with Gasteiger partial charge in [0.1, 0.15) is 9.46 Å². The summed E-state index contributed by atoms with van der Waals surface area (Å²) in [5, 5.41) is 2.50. The Morgan fingerprint density at radius 2 is 1.67 bits per heavy atom. The van der Waals surface area contributed by atoms with Crippen molar-refractivity contribution in [3.05, 3.63) is 69.2 Å². The average Bonchev–Trinajstić information content (AvgIpc) is 3.30. The first kappa shape index (κ1) is 20.2. The van der Waals surface area contributed by atoms with Crippen molar-refractivity contribution in [3.8, 4) is 0 Å². The fraction of sp³-hybridized carbons (Fsp3) is 0.222. The first-order valence-corrected chi connectivity index (χ1v) is 12.9. The van der Waals surface area contributed by atoms with E-state index in [0.29, 0.717) is 10.4 Å². The summed E-state index contributed by atoms with van der Waals surface area (Å²) in [6.07, 6.45) is 0. The van der Waals surface area contributed by atoms with Crippen molar-refractivity contribution in [1.82, 2.24) is 4.72 Å². The minimum Gasteiger partial charge on any atom is -0.222 e. The fourth-order valence-corrected chi connectivity index (χ4v) is 8.13. The van der Waals surface area contributed by atoms with Crippen LogP contribution in [0.15, 0.2) is 62.3 Å². The first-order valence-electron chi connectivity index (χ1n) is 8.09. The van der Waals surface area contributed by atoms with Crippen molar-refractivity contribution in [3.63, 3.8) is 0 Å². The lowest BCUT2D eigenvalue weighted by atomic mass is 10.2. The van der Waals surface area contributed by atoms with Gasteiger partial charge >= 0.3 is 0 Å². The molecule has 1 unspecified atom stereocenters. The topological polar surface area (TPSA) is 80.3 Å². The maximum absolute atomic E-state index is 13.0. The molecule has 0 aliphatic rings. The summed E-state index contributed by atoms with van der Waals surface area (Å²) in [6.45, 7) is 3.30. The van der Waals surface area contributed by atoms with E-state index < -0.39 is 25.1 Å². The van der Waals surface area contributed by atoms with E-state index in [9.17, 15) is 16.8 Å². The second kappa shape index (κ2) is 7.84. The molecule has 144 valence electrons. The van der Waals surface area contributed by atoms with Gasteiger partial charge in [0.15, 0.2) is 9.84 Å². The molecule has 9 heteroatoms. The van der Waals surface area contributed by atoms with Gasteiger partial charge in [-0.1, -0.05) is 24.3 Å². The maximum Gasteiger partial charge on any atom is 0.240 e. The molecule has 27 heavy (non-hydrogen) atoms. The summed E-state index contributed by atoms with van der Waals surface area (Å²) in [4.78, 5) is 0.771. The largest absolute Gasteiger partial charge is 0.240 e. The van der Waals surface area contributed by atoms with Gasteiger partial charge in [-0.05, 0) is 53.9 Å². The second-order valence-electron chi connectivity index (χ2n) is 6.10. The van der Waals surface area contributed by atoms with Gasteiger partial charge in [0, 0.05) is 11.4 Å². The van der Waals surface area contributed by atoms with Crippen molar-refractivity contribution in [1.29, 1.82) is 0 Å². The van der Waals surface area contributed by atoms with Crippen molar-refractivity contribution >= 4 is 42.5 Å². The highest BCUT2D eigenvalue weighted by Crippen LogP contribution is 2.33. The third-order valence-corrected chi connectivity index (χ3v) is 10.3. The van der Waals surface area contributed by atoms with Crippen molar-refractivity contribution in [2.45, 2.75) is 28.2 Å². The van der Waals surface area contributed by atoms with E-state index >= 15 is 0 Å². The molecule has 1 atom stereocenters. The number of benzene rings is 1. The van der Waals surface area contributed by atoms with Gasteiger partial charge in [-0.2, -0.15) is 0 Å². The third kappa shape index (κ3) is 4.33. The van der Waals surface area contributed by atoms with Gasteiger partial charge in [0.05, 0.1) is 4.90 Å². The van der Waals surface area contributed by atoms with Crippen LogP contribution in [0.2, 0.25) is 0 Å². The van der Waals surface area contributed by atoms with Crippen LogP contribution in [0.5, 0.6) is 0 Å². The third-order valence-electron chi connectivity index (χ3n) is 4.10. The Labute approximate surface area is 167 Å². The Bertz CT molecular complexity index is 1120. The Kier molecular flexibility index (Phi) is 5.87. The number of thiophene rings is 2. The van der Waals surface area contributed by atoms with Crippen LogP contribution >= 0.6 is 22.7 Å². The van der Waals surface area contributed by atoms with E-state index in [1.54, 1.807) is 54.1 Å². The van der Waals surface area contributed by atoms with E-state index in [1.165, 1.54) is 11.3 Å². The quantitative estimate of drug-likeness (QED) is 0.603. The van der Waals surface area contributed by atoms with E-state index in [-0.39, 0.29) is 15.6 Å². The van der Waals surface area contributed by atoms with Gasteiger partial charge < -0.3 is 0 Å². The molecule has 0 spiro atoms. The van der Waals surface area contributed by atoms with Gasteiger partial charge in [0.2, 0.25) is 10.0 Å². The molecule has 1 N–H and O–H groups in total. The predicted molar refractivity (Wildman–Crippen MR) is 110 cm³/mol. The van der Waals surface area contributed by atoms with Crippen LogP contribution < -0.4 is 4.72 Å². The molecule has 1 aromatic carbocycles. The highest BCUT2D eigenvalue weighted by atomic mass is 32.2. The number of rotatable bonds is 7. The van der Waals surface area contributed by atoms with E-state index in [1.807, 2.05) is 13.0 Å². The van der Waals surface area contributed by atoms with E-state index in [0.717, 1.165) is 16.9 Å². The standard InChI is InChI=1S/C18H19NO4S4/c1-13-7-8-14(2)16(11-13)27(22,23)19-12-17(15-5-3-9-24-15)26(20,21)18-6-4-10-25-18/h3-11,17,19H,12H2,1-2H3. The molecule has 3 rings (SSSR count).